The lowest BCUT2D eigenvalue weighted by Crippen LogP contribution is -2.32. The van der Waals surface area contributed by atoms with Gasteiger partial charge in [-0.2, -0.15) is 0 Å². The predicted molar refractivity (Wildman–Crippen MR) is 132 cm³/mol. The molecule has 4 aromatic rings. The first-order valence-electron chi connectivity index (χ1n) is 11.7. The molecule has 0 N–H and O–H groups in total. The third kappa shape index (κ3) is 4.45. The number of furan rings is 1. The summed E-state index contributed by atoms with van der Waals surface area (Å²) in [5, 5.41) is 0.759. The van der Waals surface area contributed by atoms with E-state index in [9.17, 15) is 14.4 Å². The van der Waals surface area contributed by atoms with Crippen LogP contribution in [0.15, 0.2) is 90.4 Å². The first-order valence-corrected chi connectivity index (χ1v) is 11.7. The molecule has 0 spiro atoms. The Bertz CT molecular complexity index is 1370. The van der Waals surface area contributed by atoms with Gasteiger partial charge < -0.3 is 18.6 Å². The molecule has 8 heteroatoms. The number of carbonyl (C=O) groups excluding carboxylic acids is 3. The summed E-state index contributed by atoms with van der Waals surface area (Å²) in [7, 11) is 0. The number of amides is 1. The van der Waals surface area contributed by atoms with E-state index < -0.39 is 29.4 Å². The van der Waals surface area contributed by atoms with Crippen molar-refractivity contribution in [3.63, 3.8) is 0 Å². The number of likely N-dealkylation sites (tertiary alicyclic amines) is 1. The Labute approximate surface area is 207 Å². The molecule has 2 aromatic heterocycles. The van der Waals surface area contributed by atoms with Crippen LogP contribution in [0.1, 0.15) is 28.6 Å². The molecule has 0 radical (unpaired) electrons. The normalized spacial score (nSPS) is 17.6. The monoisotopic (exact) mass is 483 g/mol. The van der Waals surface area contributed by atoms with Crippen LogP contribution in [0.4, 0.5) is 0 Å². The standard InChI is InChI=1S/C28H25N3O5/c1-2-16-35-21-10-8-19(9-11-21)25-24(26(32)23-17-20-6-3-4-7-22(20)36-23)27(33)28(34)31(25)14-5-13-30-15-12-29-18-30/h2-4,6-12,15,17-18,24-25H,1,5,13-14,16H2. The maximum Gasteiger partial charge on any atom is 0.291 e. The highest BCUT2D eigenvalue weighted by Crippen LogP contribution is 2.39. The van der Waals surface area contributed by atoms with Gasteiger partial charge in [0.25, 0.3) is 5.91 Å². The van der Waals surface area contributed by atoms with Crippen LogP contribution in [-0.2, 0) is 16.1 Å². The minimum atomic E-state index is -1.20. The average Bonchev–Trinajstić information content (AvgIpc) is 3.63. The van der Waals surface area contributed by atoms with Crippen LogP contribution >= 0.6 is 0 Å². The number of Topliss-reactive ketones (excluding diaryl/α,β-unsaturated/α-hetero) is 2. The summed E-state index contributed by atoms with van der Waals surface area (Å²) >= 11 is 0. The Morgan fingerprint density at radius 2 is 1.92 bits per heavy atom. The number of aromatic nitrogens is 2. The van der Waals surface area contributed by atoms with Gasteiger partial charge in [-0.05, 0) is 36.2 Å². The zero-order chi connectivity index (χ0) is 25.1. The quantitative estimate of drug-likeness (QED) is 0.145. The Morgan fingerprint density at radius 3 is 2.64 bits per heavy atom. The van der Waals surface area contributed by atoms with Crippen LogP contribution in [0.25, 0.3) is 11.0 Å². The van der Waals surface area contributed by atoms with Gasteiger partial charge in [0.1, 0.15) is 23.9 Å². The fraction of sp³-hybridized carbons (Fsp3) is 0.214. The van der Waals surface area contributed by atoms with E-state index in [-0.39, 0.29) is 5.76 Å². The van der Waals surface area contributed by atoms with E-state index in [1.165, 1.54) is 4.90 Å². The average molecular weight is 484 g/mol. The Hall–Kier alpha value is -4.46. The van der Waals surface area contributed by atoms with Gasteiger partial charge in [-0.3, -0.25) is 14.4 Å². The molecule has 0 bridgehead atoms. The van der Waals surface area contributed by atoms with Gasteiger partial charge in [0.05, 0.1) is 12.4 Å². The lowest BCUT2D eigenvalue weighted by atomic mass is 9.88. The summed E-state index contributed by atoms with van der Waals surface area (Å²) in [6.45, 7) is 4.94. The number of ketones is 2. The van der Waals surface area contributed by atoms with E-state index in [2.05, 4.69) is 11.6 Å². The fourth-order valence-electron chi connectivity index (χ4n) is 4.62. The van der Waals surface area contributed by atoms with Crippen LogP contribution in [-0.4, -0.2) is 45.1 Å². The predicted octanol–water partition coefficient (Wildman–Crippen LogP) is 4.24. The molecule has 1 aliphatic heterocycles. The Balaban J connectivity index is 1.47. The van der Waals surface area contributed by atoms with Crippen molar-refractivity contribution in [2.45, 2.75) is 19.0 Å². The number of para-hydroxylation sites is 1. The zero-order valence-corrected chi connectivity index (χ0v) is 19.6. The number of hydrogen-bond acceptors (Lipinski definition) is 6. The maximum atomic E-state index is 13.6. The molecule has 3 heterocycles. The van der Waals surface area contributed by atoms with Gasteiger partial charge in [-0.15, -0.1) is 0 Å². The van der Waals surface area contributed by atoms with Crippen molar-refractivity contribution in [1.29, 1.82) is 0 Å². The smallest absolute Gasteiger partial charge is 0.291 e. The third-order valence-electron chi connectivity index (χ3n) is 6.32. The zero-order valence-electron chi connectivity index (χ0n) is 19.6. The summed E-state index contributed by atoms with van der Waals surface area (Å²) in [6.07, 6.45) is 7.46. The van der Waals surface area contributed by atoms with E-state index in [1.807, 2.05) is 29.0 Å². The topological polar surface area (TPSA) is 94.6 Å². The number of hydrogen-bond donors (Lipinski definition) is 0. The largest absolute Gasteiger partial charge is 0.490 e. The first kappa shape index (κ1) is 23.3. The number of nitrogens with zero attached hydrogens (tertiary/aromatic N) is 3. The SMILES string of the molecule is C=CCOc1ccc(C2C(C(=O)c3cc4ccccc4o3)C(=O)C(=O)N2CCCn2ccnc2)cc1. The van der Waals surface area contributed by atoms with Gasteiger partial charge >= 0.3 is 0 Å². The molecule has 2 atom stereocenters. The van der Waals surface area contributed by atoms with Gasteiger partial charge in [-0.1, -0.05) is 43.0 Å². The van der Waals surface area contributed by atoms with Crippen molar-refractivity contribution >= 4 is 28.4 Å². The molecule has 0 aliphatic carbocycles. The van der Waals surface area contributed by atoms with Gasteiger partial charge in [0, 0.05) is 30.9 Å². The molecule has 2 aromatic carbocycles. The molecule has 36 heavy (non-hydrogen) atoms. The van der Waals surface area contributed by atoms with Crippen molar-refractivity contribution in [2.24, 2.45) is 5.92 Å². The van der Waals surface area contributed by atoms with Crippen LogP contribution in [0, 0.1) is 5.92 Å². The van der Waals surface area contributed by atoms with Crippen molar-refractivity contribution in [2.75, 3.05) is 13.2 Å². The summed E-state index contributed by atoms with van der Waals surface area (Å²) in [4.78, 5) is 45.5. The van der Waals surface area contributed by atoms with Crippen molar-refractivity contribution < 1.29 is 23.5 Å². The molecule has 182 valence electrons. The summed E-state index contributed by atoms with van der Waals surface area (Å²) in [5.74, 6) is -2.39. The molecule has 0 saturated carbocycles. The van der Waals surface area contributed by atoms with Crippen molar-refractivity contribution in [3.8, 4) is 5.75 Å². The third-order valence-corrected chi connectivity index (χ3v) is 6.32. The first-order chi connectivity index (χ1) is 17.6. The number of imidazole rings is 1. The number of aryl methyl sites for hydroxylation is 1. The Morgan fingerprint density at radius 1 is 1.11 bits per heavy atom. The van der Waals surface area contributed by atoms with Crippen molar-refractivity contribution in [3.05, 3.63) is 97.3 Å². The molecular formula is C28H25N3O5. The molecule has 8 nitrogen and oxygen atoms in total. The van der Waals surface area contributed by atoms with E-state index in [1.54, 1.807) is 55.0 Å². The molecule has 1 amide bonds. The van der Waals surface area contributed by atoms with Crippen LogP contribution in [0.3, 0.4) is 0 Å². The van der Waals surface area contributed by atoms with Crippen LogP contribution in [0.5, 0.6) is 5.75 Å². The summed E-state index contributed by atoms with van der Waals surface area (Å²) < 4.78 is 13.2. The van der Waals surface area contributed by atoms with Crippen molar-refractivity contribution in [1.82, 2.24) is 14.5 Å². The van der Waals surface area contributed by atoms with Crippen LogP contribution in [0.2, 0.25) is 0 Å². The molecule has 2 unspecified atom stereocenters. The number of fused-ring (bicyclic) bond motifs is 1. The minimum absolute atomic E-state index is 0.0681. The number of benzene rings is 2. The molecule has 1 aliphatic rings. The second-order valence-corrected chi connectivity index (χ2v) is 8.62. The summed E-state index contributed by atoms with van der Waals surface area (Å²) in [6, 6.07) is 15.2. The van der Waals surface area contributed by atoms with Crippen LogP contribution < -0.4 is 4.74 Å². The van der Waals surface area contributed by atoms with E-state index >= 15 is 0 Å². The highest BCUT2D eigenvalue weighted by molar-refractivity contribution is 6.43. The molecule has 1 fully saturated rings. The number of rotatable bonds is 10. The lowest BCUT2D eigenvalue weighted by molar-refractivity contribution is -0.140. The number of carbonyl (C=O) groups is 3. The van der Waals surface area contributed by atoms with E-state index in [0.29, 0.717) is 43.0 Å². The van der Waals surface area contributed by atoms with E-state index in [4.69, 9.17) is 9.15 Å². The second-order valence-electron chi connectivity index (χ2n) is 8.62. The molecular weight excluding hydrogens is 458 g/mol. The van der Waals surface area contributed by atoms with Gasteiger partial charge in [0.2, 0.25) is 11.6 Å². The highest BCUT2D eigenvalue weighted by atomic mass is 16.5. The van der Waals surface area contributed by atoms with Gasteiger partial charge in [0.15, 0.2) is 5.76 Å². The minimum Gasteiger partial charge on any atom is -0.490 e. The summed E-state index contributed by atoms with van der Waals surface area (Å²) in [5.41, 5.74) is 1.23. The van der Waals surface area contributed by atoms with Gasteiger partial charge in [-0.25, -0.2) is 4.98 Å². The van der Waals surface area contributed by atoms with E-state index in [0.717, 1.165) is 5.39 Å². The molecule has 1 saturated heterocycles. The second kappa shape index (κ2) is 10.0. The number of ether oxygens (including phenoxy) is 1. The lowest BCUT2D eigenvalue weighted by Gasteiger charge is -2.27. The fourth-order valence-corrected chi connectivity index (χ4v) is 4.62. The molecule has 5 rings (SSSR count). The highest BCUT2D eigenvalue weighted by Gasteiger charge is 2.52. The maximum absolute atomic E-state index is 13.6. The Kier molecular flexibility index (Phi) is 6.49.